The smallest absolute Gasteiger partial charge is 0.330 e. The first-order valence-electron chi connectivity index (χ1n) is 13.0. The highest BCUT2D eigenvalue weighted by Crippen LogP contribution is 2.29. The molecule has 0 unspecified atom stereocenters. The van der Waals surface area contributed by atoms with Crippen molar-refractivity contribution in [2.45, 2.75) is 32.4 Å². The number of aryl methyl sites for hydroxylation is 2. The van der Waals surface area contributed by atoms with E-state index in [4.69, 9.17) is 4.74 Å². The Hall–Kier alpha value is -5.04. The SMILES string of the molecule is Cc1ccc(C)c(NC(=O)[C@H](OC(=O)[C@H](Cc2ccccc2)N2C(=O)c3ccccc3C2=O)c2ccccc2)c1. The third-order valence-electron chi connectivity index (χ3n) is 6.91. The first kappa shape index (κ1) is 26.6. The normalized spacial score (nSPS) is 13.9. The lowest BCUT2D eigenvalue weighted by Crippen LogP contribution is -2.47. The first-order chi connectivity index (χ1) is 19.3. The summed E-state index contributed by atoms with van der Waals surface area (Å²) in [6.07, 6.45) is -1.28. The molecule has 0 spiro atoms. The summed E-state index contributed by atoms with van der Waals surface area (Å²) in [7, 11) is 0. The lowest BCUT2D eigenvalue weighted by molar-refractivity contribution is -0.158. The van der Waals surface area contributed by atoms with Crippen LogP contribution >= 0.6 is 0 Å². The minimum absolute atomic E-state index is 0.0330. The summed E-state index contributed by atoms with van der Waals surface area (Å²) in [5, 5.41) is 2.88. The van der Waals surface area contributed by atoms with Gasteiger partial charge in [-0.05, 0) is 48.7 Å². The molecule has 0 saturated carbocycles. The van der Waals surface area contributed by atoms with Crippen molar-refractivity contribution < 1.29 is 23.9 Å². The minimum atomic E-state index is -1.32. The molecule has 7 heteroatoms. The Morgan fingerprint density at radius 1 is 0.775 bits per heavy atom. The van der Waals surface area contributed by atoms with Gasteiger partial charge in [-0.2, -0.15) is 0 Å². The highest BCUT2D eigenvalue weighted by Gasteiger charge is 2.44. The molecule has 1 aliphatic rings. The van der Waals surface area contributed by atoms with Gasteiger partial charge in [-0.3, -0.25) is 19.3 Å². The van der Waals surface area contributed by atoms with Crippen LogP contribution < -0.4 is 5.32 Å². The Morgan fingerprint density at radius 3 is 1.98 bits per heavy atom. The topological polar surface area (TPSA) is 92.8 Å². The van der Waals surface area contributed by atoms with Crippen molar-refractivity contribution in [1.82, 2.24) is 4.90 Å². The summed E-state index contributed by atoms with van der Waals surface area (Å²) < 4.78 is 5.89. The number of benzene rings is 4. The number of nitrogens with one attached hydrogen (secondary N) is 1. The summed E-state index contributed by atoms with van der Waals surface area (Å²) in [6.45, 7) is 3.79. The van der Waals surface area contributed by atoms with E-state index in [0.717, 1.165) is 21.6 Å². The van der Waals surface area contributed by atoms with Gasteiger partial charge in [0.25, 0.3) is 17.7 Å². The lowest BCUT2D eigenvalue weighted by Gasteiger charge is -2.27. The van der Waals surface area contributed by atoms with E-state index in [2.05, 4.69) is 5.32 Å². The molecule has 0 aromatic heterocycles. The fourth-order valence-electron chi connectivity index (χ4n) is 4.77. The molecule has 200 valence electrons. The van der Waals surface area contributed by atoms with Gasteiger partial charge in [0.15, 0.2) is 0 Å². The minimum Gasteiger partial charge on any atom is -0.446 e. The maximum atomic E-state index is 13.9. The number of carbonyl (C=O) groups excluding carboxylic acids is 4. The second-order valence-corrected chi connectivity index (χ2v) is 9.77. The molecule has 0 radical (unpaired) electrons. The molecule has 5 rings (SSSR count). The van der Waals surface area contributed by atoms with Gasteiger partial charge in [0.1, 0.15) is 6.04 Å². The largest absolute Gasteiger partial charge is 0.446 e. The van der Waals surface area contributed by atoms with Crippen LogP contribution in [-0.4, -0.2) is 34.6 Å². The van der Waals surface area contributed by atoms with Crippen molar-refractivity contribution in [1.29, 1.82) is 0 Å². The molecule has 1 N–H and O–H groups in total. The van der Waals surface area contributed by atoms with Crippen molar-refractivity contribution >= 4 is 29.4 Å². The molecule has 0 bridgehead atoms. The highest BCUT2D eigenvalue weighted by molar-refractivity contribution is 6.22. The maximum Gasteiger partial charge on any atom is 0.330 e. The van der Waals surface area contributed by atoms with Crippen molar-refractivity contribution in [3.63, 3.8) is 0 Å². The van der Waals surface area contributed by atoms with Gasteiger partial charge in [0.2, 0.25) is 6.10 Å². The van der Waals surface area contributed by atoms with E-state index < -0.39 is 35.8 Å². The number of esters is 1. The van der Waals surface area contributed by atoms with Gasteiger partial charge in [-0.15, -0.1) is 0 Å². The van der Waals surface area contributed by atoms with Gasteiger partial charge in [-0.1, -0.05) is 84.9 Å². The van der Waals surface area contributed by atoms with Gasteiger partial charge in [-0.25, -0.2) is 4.79 Å². The Bertz CT molecular complexity index is 1550. The van der Waals surface area contributed by atoms with Crippen molar-refractivity contribution in [2.24, 2.45) is 0 Å². The van der Waals surface area contributed by atoms with Crippen LogP contribution in [0, 0.1) is 13.8 Å². The molecule has 4 aromatic carbocycles. The summed E-state index contributed by atoms with van der Waals surface area (Å²) in [6, 6.07) is 28.6. The quantitative estimate of drug-likeness (QED) is 0.241. The van der Waals surface area contributed by atoms with E-state index in [9.17, 15) is 19.2 Å². The van der Waals surface area contributed by atoms with Crippen LogP contribution in [-0.2, 0) is 20.7 Å². The fraction of sp³-hybridized carbons (Fsp3) is 0.152. The summed E-state index contributed by atoms with van der Waals surface area (Å²) in [5.41, 5.74) is 4.06. The molecule has 1 aliphatic heterocycles. The van der Waals surface area contributed by atoms with Crippen LogP contribution in [0.1, 0.15) is 49.1 Å². The van der Waals surface area contributed by atoms with Crippen LogP contribution in [0.4, 0.5) is 5.69 Å². The van der Waals surface area contributed by atoms with Crippen molar-refractivity contribution in [3.8, 4) is 0 Å². The van der Waals surface area contributed by atoms with Gasteiger partial charge in [0.05, 0.1) is 11.1 Å². The Morgan fingerprint density at radius 2 is 1.35 bits per heavy atom. The van der Waals surface area contributed by atoms with E-state index in [-0.39, 0.29) is 17.5 Å². The third-order valence-corrected chi connectivity index (χ3v) is 6.91. The predicted octanol–water partition coefficient (Wildman–Crippen LogP) is 5.43. The fourth-order valence-corrected chi connectivity index (χ4v) is 4.77. The molecule has 0 fully saturated rings. The van der Waals surface area contributed by atoms with E-state index in [1.807, 2.05) is 50.2 Å². The number of hydrogen-bond acceptors (Lipinski definition) is 5. The average molecular weight is 533 g/mol. The number of anilines is 1. The summed E-state index contributed by atoms with van der Waals surface area (Å²) in [5.74, 6) is -2.55. The van der Waals surface area contributed by atoms with E-state index in [0.29, 0.717) is 11.3 Å². The van der Waals surface area contributed by atoms with Crippen LogP contribution in [0.2, 0.25) is 0 Å². The Labute approximate surface area is 232 Å². The number of fused-ring (bicyclic) bond motifs is 1. The van der Waals surface area contributed by atoms with Crippen molar-refractivity contribution in [3.05, 3.63) is 137 Å². The molecule has 3 amide bonds. The molecule has 40 heavy (non-hydrogen) atoms. The maximum absolute atomic E-state index is 13.9. The number of imide groups is 1. The Balaban J connectivity index is 1.49. The van der Waals surface area contributed by atoms with Gasteiger partial charge >= 0.3 is 5.97 Å². The standard InChI is InChI=1S/C33H28N2O5/c1-21-17-18-22(2)27(19-21)34-30(36)29(24-13-7-4-8-14-24)40-33(39)28(20-23-11-5-3-6-12-23)35-31(37)25-15-9-10-16-26(25)32(35)38/h3-19,28-29H,20H2,1-2H3,(H,34,36)/t28-,29+/m0/s1. The number of carbonyl (C=O) groups is 4. The zero-order valence-electron chi connectivity index (χ0n) is 22.2. The molecule has 1 heterocycles. The van der Waals surface area contributed by atoms with Gasteiger partial charge < -0.3 is 10.1 Å². The van der Waals surface area contributed by atoms with Crippen LogP contribution in [0.3, 0.4) is 0 Å². The molecular formula is C33H28N2O5. The second kappa shape index (κ2) is 11.4. The number of hydrogen-bond donors (Lipinski definition) is 1. The van der Waals surface area contributed by atoms with Crippen LogP contribution in [0.5, 0.6) is 0 Å². The second-order valence-electron chi connectivity index (χ2n) is 9.77. The molecular weight excluding hydrogens is 504 g/mol. The number of amides is 3. The average Bonchev–Trinajstić information content (AvgIpc) is 3.22. The van der Waals surface area contributed by atoms with Crippen molar-refractivity contribution in [2.75, 3.05) is 5.32 Å². The van der Waals surface area contributed by atoms with E-state index in [1.165, 1.54) is 0 Å². The van der Waals surface area contributed by atoms with Gasteiger partial charge in [0, 0.05) is 17.7 Å². The zero-order valence-corrected chi connectivity index (χ0v) is 22.2. The van der Waals surface area contributed by atoms with E-state index >= 15 is 0 Å². The monoisotopic (exact) mass is 532 g/mol. The summed E-state index contributed by atoms with van der Waals surface area (Å²) in [4.78, 5) is 55.1. The number of ether oxygens (including phenoxy) is 1. The predicted molar refractivity (Wildman–Crippen MR) is 151 cm³/mol. The molecule has 4 aromatic rings. The molecule has 0 aliphatic carbocycles. The third kappa shape index (κ3) is 5.40. The molecule has 0 saturated heterocycles. The lowest BCUT2D eigenvalue weighted by atomic mass is 10.0. The zero-order chi connectivity index (χ0) is 28.2. The number of rotatable bonds is 8. The first-order valence-corrected chi connectivity index (χ1v) is 13.0. The van der Waals surface area contributed by atoms with E-state index in [1.54, 1.807) is 66.7 Å². The number of nitrogens with zero attached hydrogens (tertiary/aromatic N) is 1. The Kier molecular flexibility index (Phi) is 7.55. The summed E-state index contributed by atoms with van der Waals surface area (Å²) >= 11 is 0. The molecule has 2 atom stereocenters. The molecule has 7 nitrogen and oxygen atoms in total. The highest BCUT2D eigenvalue weighted by atomic mass is 16.5. The van der Waals surface area contributed by atoms with Crippen LogP contribution in [0.25, 0.3) is 0 Å². The van der Waals surface area contributed by atoms with Crippen LogP contribution in [0.15, 0.2) is 103 Å².